The lowest BCUT2D eigenvalue weighted by Gasteiger charge is -2.33. The van der Waals surface area contributed by atoms with E-state index in [9.17, 15) is 0 Å². The Morgan fingerprint density at radius 1 is 1.46 bits per heavy atom. The fraction of sp³-hybridized carbons (Fsp3) is 0.667. The molecule has 0 radical (unpaired) electrons. The summed E-state index contributed by atoms with van der Waals surface area (Å²) in [5.74, 6) is 0.903. The van der Waals surface area contributed by atoms with E-state index >= 15 is 0 Å². The summed E-state index contributed by atoms with van der Waals surface area (Å²) in [6, 6.07) is 0.504. The molecule has 0 aromatic carbocycles. The van der Waals surface area contributed by atoms with Gasteiger partial charge in [0.1, 0.15) is 0 Å². The first-order valence-electron chi connectivity index (χ1n) is 8.88. The summed E-state index contributed by atoms with van der Waals surface area (Å²) in [4.78, 5) is 12.6. The molecule has 24 heavy (non-hydrogen) atoms. The fourth-order valence-electron chi connectivity index (χ4n) is 2.92. The molecule has 1 fully saturated rings. The Morgan fingerprint density at radius 2 is 2.21 bits per heavy atom. The average Bonchev–Trinajstić information content (AvgIpc) is 3.03. The third kappa shape index (κ3) is 6.24. The first-order valence-corrected chi connectivity index (χ1v) is 9.69. The standard InChI is InChI=1S/C18H31N5S/c1-5-16-12-21-17(24-16)6-9-20-18(19-4)22-15-7-10-23(11-8-15)13-14(2)3/h12,15H,2,5-11,13H2,1,3-4H3,(H2,19,20,22). The summed E-state index contributed by atoms with van der Waals surface area (Å²) < 4.78 is 0. The molecule has 0 bridgehead atoms. The van der Waals surface area contributed by atoms with E-state index in [0.717, 1.165) is 57.8 Å². The normalized spacial score (nSPS) is 17.0. The van der Waals surface area contributed by atoms with E-state index in [1.54, 1.807) is 0 Å². The number of thiazole rings is 1. The minimum Gasteiger partial charge on any atom is -0.356 e. The van der Waals surface area contributed by atoms with E-state index in [4.69, 9.17) is 0 Å². The smallest absolute Gasteiger partial charge is 0.191 e. The van der Waals surface area contributed by atoms with Crippen molar-refractivity contribution in [3.05, 3.63) is 28.2 Å². The van der Waals surface area contributed by atoms with E-state index < -0.39 is 0 Å². The van der Waals surface area contributed by atoms with Gasteiger partial charge >= 0.3 is 0 Å². The highest BCUT2D eigenvalue weighted by molar-refractivity contribution is 7.11. The van der Waals surface area contributed by atoms with Gasteiger partial charge in [-0.15, -0.1) is 11.3 Å². The van der Waals surface area contributed by atoms with Crippen LogP contribution in [-0.4, -0.2) is 55.1 Å². The van der Waals surface area contributed by atoms with Crippen LogP contribution in [0.15, 0.2) is 23.3 Å². The zero-order chi connectivity index (χ0) is 17.4. The van der Waals surface area contributed by atoms with Crippen LogP contribution in [0.2, 0.25) is 0 Å². The van der Waals surface area contributed by atoms with E-state index in [-0.39, 0.29) is 0 Å². The number of aliphatic imine (C=N–C) groups is 1. The second kappa shape index (κ2) is 9.79. The van der Waals surface area contributed by atoms with Crippen LogP contribution in [0.5, 0.6) is 0 Å². The quantitative estimate of drug-likeness (QED) is 0.451. The predicted octanol–water partition coefficient (Wildman–Crippen LogP) is 2.45. The summed E-state index contributed by atoms with van der Waals surface area (Å²) in [5.41, 5.74) is 1.24. The molecule has 0 amide bonds. The molecule has 0 aliphatic carbocycles. The Balaban J connectivity index is 1.68. The van der Waals surface area contributed by atoms with Gasteiger partial charge in [-0.25, -0.2) is 4.98 Å². The highest BCUT2D eigenvalue weighted by Gasteiger charge is 2.19. The Kier molecular flexibility index (Phi) is 7.72. The van der Waals surface area contributed by atoms with Crippen molar-refractivity contribution >= 4 is 17.3 Å². The van der Waals surface area contributed by atoms with E-state index in [1.807, 2.05) is 24.6 Å². The van der Waals surface area contributed by atoms with Gasteiger partial charge in [0.2, 0.25) is 0 Å². The van der Waals surface area contributed by atoms with Crippen LogP contribution < -0.4 is 10.6 Å². The van der Waals surface area contributed by atoms with Crippen molar-refractivity contribution in [2.45, 2.75) is 45.6 Å². The van der Waals surface area contributed by atoms with Gasteiger partial charge in [0.25, 0.3) is 0 Å². The number of guanidine groups is 1. The number of hydrogen-bond donors (Lipinski definition) is 2. The maximum Gasteiger partial charge on any atom is 0.191 e. The molecule has 2 N–H and O–H groups in total. The minimum atomic E-state index is 0.504. The molecule has 0 atom stereocenters. The molecular weight excluding hydrogens is 318 g/mol. The third-order valence-corrected chi connectivity index (χ3v) is 5.43. The number of aromatic nitrogens is 1. The van der Waals surface area contributed by atoms with E-state index in [1.165, 1.54) is 15.5 Å². The minimum absolute atomic E-state index is 0.504. The van der Waals surface area contributed by atoms with Crippen LogP contribution in [0, 0.1) is 0 Å². The molecule has 1 saturated heterocycles. The van der Waals surface area contributed by atoms with Gasteiger partial charge in [0, 0.05) is 56.8 Å². The SMILES string of the molecule is C=C(C)CN1CCC(NC(=NC)NCCc2ncc(CC)s2)CC1. The van der Waals surface area contributed by atoms with Crippen LogP contribution in [-0.2, 0) is 12.8 Å². The number of hydrogen-bond acceptors (Lipinski definition) is 4. The van der Waals surface area contributed by atoms with Crippen molar-refractivity contribution in [3.8, 4) is 0 Å². The van der Waals surface area contributed by atoms with Gasteiger partial charge in [0.05, 0.1) is 5.01 Å². The lowest BCUT2D eigenvalue weighted by atomic mass is 10.0. The number of nitrogens with one attached hydrogen (secondary N) is 2. The topological polar surface area (TPSA) is 52.5 Å². The monoisotopic (exact) mass is 349 g/mol. The molecule has 0 unspecified atom stereocenters. The van der Waals surface area contributed by atoms with Crippen molar-refractivity contribution in [1.82, 2.24) is 20.5 Å². The molecule has 1 aliphatic rings. The third-order valence-electron chi connectivity index (χ3n) is 4.23. The van der Waals surface area contributed by atoms with Gasteiger partial charge < -0.3 is 10.6 Å². The van der Waals surface area contributed by atoms with Crippen molar-refractivity contribution in [1.29, 1.82) is 0 Å². The number of rotatable bonds is 7. The predicted molar refractivity (Wildman–Crippen MR) is 104 cm³/mol. The summed E-state index contributed by atoms with van der Waals surface area (Å²) in [5, 5.41) is 8.17. The molecule has 5 nitrogen and oxygen atoms in total. The maximum atomic E-state index is 4.46. The summed E-state index contributed by atoms with van der Waals surface area (Å²) in [7, 11) is 1.84. The van der Waals surface area contributed by atoms with Crippen LogP contribution >= 0.6 is 11.3 Å². The van der Waals surface area contributed by atoms with Gasteiger partial charge in [-0.1, -0.05) is 19.1 Å². The largest absolute Gasteiger partial charge is 0.356 e. The highest BCUT2D eigenvalue weighted by Crippen LogP contribution is 2.13. The van der Waals surface area contributed by atoms with Gasteiger partial charge in [0.15, 0.2) is 5.96 Å². The molecule has 134 valence electrons. The Labute approximate surface area is 150 Å². The highest BCUT2D eigenvalue weighted by atomic mass is 32.1. The van der Waals surface area contributed by atoms with Gasteiger partial charge in [-0.05, 0) is 26.2 Å². The Hall–Kier alpha value is -1.40. The Bertz CT molecular complexity index is 543. The maximum absolute atomic E-state index is 4.46. The molecule has 1 aromatic rings. The van der Waals surface area contributed by atoms with Crippen molar-refractivity contribution in [3.63, 3.8) is 0 Å². The molecule has 2 heterocycles. The van der Waals surface area contributed by atoms with Gasteiger partial charge in [-0.3, -0.25) is 9.89 Å². The number of likely N-dealkylation sites (tertiary alicyclic amines) is 1. The molecule has 1 aliphatic heterocycles. The zero-order valence-electron chi connectivity index (χ0n) is 15.3. The molecule has 1 aromatic heterocycles. The summed E-state index contributed by atoms with van der Waals surface area (Å²) in [6.07, 6.45) is 6.31. The number of piperidine rings is 1. The molecule has 0 saturated carbocycles. The number of aryl methyl sites for hydroxylation is 1. The summed E-state index contributed by atoms with van der Waals surface area (Å²) in [6.45, 7) is 12.4. The Morgan fingerprint density at radius 3 is 2.79 bits per heavy atom. The van der Waals surface area contributed by atoms with E-state index in [0.29, 0.717) is 6.04 Å². The lowest BCUT2D eigenvalue weighted by molar-refractivity contribution is 0.221. The number of nitrogens with zero attached hydrogens (tertiary/aromatic N) is 3. The van der Waals surface area contributed by atoms with Crippen molar-refractivity contribution in [2.75, 3.05) is 33.2 Å². The van der Waals surface area contributed by atoms with Crippen LogP contribution in [0.25, 0.3) is 0 Å². The lowest BCUT2D eigenvalue weighted by Crippen LogP contribution is -2.49. The van der Waals surface area contributed by atoms with E-state index in [2.05, 4.69) is 45.9 Å². The molecule has 0 spiro atoms. The van der Waals surface area contributed by atoms with Crippen molar-refractivity contribution < 1.29 is 0 Å². The van der Waals surface area contributed by atoms with Crippen LogP contribution in [0.1, 0.15) is 36.6 Å². The zero-order valence-corrected chi connectivity index (χ0v) is 16.1. The second-order valence-electron chi connectivity index (χ2n) is 6.47. The van der Waals surface area contributed by atoms with Crippen LogP contribution in [0.4, 0.5) is 0 Å². The molecular formula is C18H31N5S. The van der Waals surface area contributed by atoms with Crippen LogP contribution in [0.3, 0.4) is 0 Å². The first kappa shape index (κ1) is 18.9. The first-order chi connectivity index (χ1) is 11.6. The summed E-state index contributed by atoms with van der Waals surface area (Å²) >= 11 is 1.81. The van der Waals surface area contributed by atoms with Gasteiger partial charge in [-0.2, -0.15) is 0 Å². The average molecular weight is 350 g/mol. The fourth-order valence-corrected chi connectivity index (χ4v) is 3.78. The molecule has 2 rings (SSSR count). The molecule has 6 heteroatoms. The second-order valence-corrected chi connectivity index (χ2v) is 7.67. The van der Waals surface area contributed by atoms with Crippen molar-refractivity contribution in [2.24, 2.45) is 4.99 Å².